The molecular weight excluding hydrogens is 284 g/mol. The van der Waals surface area contributed by atoms with Gasteiger partial charge in [0, 0.05) is 19.6 Å². The summed E-state index contributed by atoms with van der Waals surface area (Å²) in [7, 11) is 1.68. The van der Waals surface area contributed by atoms with Gasteiger partial charge >= 0.3 is 5.69 Å². The van der Waals surface area contributed by atoms with Crippen molar-refractivity contribution in [1.82, 2.24) is 19.4 Å². The number of hydrogen-bond acceptors (Lipinski definition) is 3. The first-order valence-corrected chi connectivity index (χ1v) is 7.19. The largest absolute Gasteiger partial charge is 0.350 e. The van der Waals surface area contributed by atoms with Crippen molar-refractivity contribution in [3.8, 4) is 0 Å². The maximum absolute atomic E-state index is 12.4. The van der Waals surface area contributed by atoms with Crippen LogP contribution in [0, 0.1) is 0 Å². The maximum Gasteiger partial charge on any atom is 0.329 e. The molecule has 7 nitrogen and oxygen atoms in total. The molecule has 2 aromatic rings. The molecule has 116 valence electrons. The fourth-order valence-corrected chi connectivity index (χ4v) is 2.88. The summed E-state index contributed by atoms with van der Waals surface area (Å²) >= 11 is 0. The Bertz CT molecular complexity index is 805. The number of carbonyl (C=O) groups excluding carboxylic acids is 2. The molecule has 1 aliphatic rings. The van der Waals surface area contributed by atoms with Crippen LogP contribution in [0.1, 0.15) is 6.92 Å². The summed E-state index contributed by atoms with van der Waals surface area (Å²) in [5, 5.41) is 2.77. The first-order valence-electron chi connectivity index (χ1n) is 7.19. The van der Waals surface area contributed by atoms with E-state index < -0.39 is 0 Å². The molecule has 0 bridgehead atoms. The molecule has 1 aliphatic heterocycles. The molecule has 1 aromatic carbocycles. The van der Waals surface area contributed by atoms with Crippen molar-refractivity contribution in [2.24, 2.45) is 7.05 Å². The molecule has 1 N–H and O–H groups in total. The van der Waals surface area contributed by atoms with Gasteiger partial charge in [0.05, 0.1) is 17.6 Å². The number of benzene rings is 1. The number of piperazine rings is 1. The Morgan fingerprint density at radius 3 is 2.64 bits per heavy atom. The minimum atomic E-state index is -0.232. The number of aromatic nitrogens is 2. The van der Waals surface area contributed by atoms with Gasteiger partial charge in [0.15, 0.2) is 0 Å². The number of rotatable bonds is 2. The lowest BCUT2D eigenvalue weighted by atomic mass is 10.2. The zero-order valence-electron chi connectivity index (χ0n) is 12.6. The number of amides is 2. The van der Waals surface area contributed by atoms with Gasteiger partial charge < -0.3 is 10.2 Å². The summed E-state index contributed by atoms with van der Waals surface area (Å²) in [6, 6.07) is 7.27. The highest BCUT2D eigenvalue weighted by atomic mass is 16.2. The smallest absolute Gasteiger partial charge is 0.329 e. The second-order valence-electron chi connectivity index (χ2n) is 5.66. The van der Waals surface area contributed by atoms with E-state index in [9.17, 15) is 14.4 Å². The van der Waals surface area contributed by atoms with E-state index in [0.717, 1.165) is 11.0 Å². The zero-order chi connectivity index (χ0) is 15.9. The fraction of sp³-hybridized carbons (Fsp3) is 0.400. The van der Waals surface area contributed by atoms with Crippen molar-refractivity contribution < 1.29 is 9.59 Å². The van der Waals surface area contributed by atoms with E-state index in [-0.39, 0.29) is 36.6 Å². The van der Waals surface area contributed by atoms with Crippen molar-refractivity contribution >= 4 is 22.8 Å². The standard InChI is InChI=1S/C15H18N4O3/c1-10-7-18(8-13(20)16-10)14(21)9-19-12-6-4-3-5-11(12)17(2)15(19)22/h3-6,10H,7-9H2,1-2H3,(H,16,20). The topological polar surface area (TPSA) is 76.3 Å². The van der Waals surface area contributed by atoms with Crippen LogP contribution in [-0.4, -0.2) is 45.0 Å². The molecular formula is C15H18N4O3. The van der Waals surface area contributed by atoms with Gasteiger partial charge in [-0.1, -0.05) is 12.1 Å². The van der Waals surface area contributed by atoms with Gasteiger partial charge in [-0.3, -0.25) is 18.7 Å². The first kappa shape index (κ1) is 14.4. The van der Waals surface area contributed by atoms with E-state index in [1.54, 1.807) is 7.05 Å². The van der Waals surface area contributed by atoms with Gasteiger partial charge in [0.1, 0.15) is 6.54 Å². The maximum atomic E-state index is 12.4. The summed E-state index contributed by atoms with van der Waals surface area (Å²) in [6.45, 7) is 2.30. The first-order chi connectivity index (χ1) is 10.5. The lowest BCUT2D eigenvalue weighted by Crippen LogP contribution is -2.55. The molecule has 2 amide bonds. The number of nitrogens with zero attached hydrogens (tertiary/aromatic N) is 3. The van der Waals surface area contributed by atoms with Crippen molar-refractivity contribution in [1.29, 1.82) is 0 Å². The monoisotopic (exact) mass is 302 g/mol. The number of aryl methyl sites for hydroxylation is 1. The van der Waals surface area contributed by atoms with E-state index in [1.807, 2.05) is 31.2 Å². The van der Waals surface area contributed by atoms with Gasteiger partial charge in [-0.05, 0) is 19.1 Å². The average Bonchev–Trinajstić information content (AvgIpc) is 2.72. The van der Waals surface area contributed by atoms with Crippen LogP contribution in [0.4, 0.5) is 0 Å². The van der Waals surface area contributed by atoms with Gasteiger partial charge in [-0.25, -0.2) is 4.79 Å². The Morgan fingerprint density at radius 2 is 1.95 bits per heavy atom. The summed E-state index contributed by atoms with van der Waals surface area (Å²) in [5.41, 5.74) is 1.27. The van der Waals surface area contributed by atoms with Crippen LogP contribution in [0.3, 0.4) is 0 Å². The van der Waals surface area contributed by atoms with Crippen LogP contribution in [-0.2, 0) is 23.2 Å². The molecule has 1 fully saturated rings. The third-order valence-electron chi connectivity index (χ3n) is 3.93. The van der Waals surface area contributed by atoms with Crippen molar-refractivity contribution in [2.75, 3.05) is 13.1 Å². The highest BCUT2D eigenvalue weighted by Gasteiger charge is 2.26. The predicted molar refractivity (Wildman–Crippen MR) is 81.4 cm³/mol. The second kappa shape index (κ2) is 5.32. The Morgan fingerprint density at radius 1 is 1.27 bits per heavy atom. The number of carbonyl (C=O) groups is 2. The van der Waals surface area contributed by atoms with Gasteiger partial charge in [-0.2, -0.15) is 0 Å². The van der Waals surface area contributed by atoms with Gasteiger partial charge in [-0.15, -0.1) is 0 Å². The predicted octanol–water partition coefficient (Wildman–Crippen LogP) is -0.313. The molecule has 22 heavy (non-hydrogen) atoms. The molecule has 1 atom stereocenters. The third kappa shape index (κ3) is 2.38. The van der Waals surface area contributed by atoms with Gasteiger partial charge in [0.2, 0.25) is 11.8 Å². The average molecular weight is 302 g/mol. The minimum Gasteiger partial charge on any atom is -0.350 e. The molecule has 3 rings (SSSR count). The Labute approximate surface area is 127 Å². The van der Waals surface area contributed by atoms with Crippen molar-refractivity contribution in [2.45, 2.75) is 19.5 Å². The van der Waals surface area contributed by atoms with Crippen LogP contribution < -0.4 is 11.0 Å². The number of fused-ring (bicyclic) bond motifs is 1. The van der Waals surface area contributed by atoms with E-state index in [4.69, 9.17) is 0 Å². The number of nitrogens with one attached hydrogen (secondary N) is 1. The van der Waals surface area contributed by atoms with Crippen molar-refractivity contribution in [3.05, 3.63) is 34.7 Å². The highest BCUT2D eigenvalue weighted by Crippen LogP contribution is 2.12. The van der Waals surface area contributed by atoms with Crippen LogP contribution >= 0.6 is 0 Å². The van der Waals surface area contributed by atoms with Crippen molar-refractivity contribution in [3.63, 3.8) is 0 Å². The van der Waals surface area contributed by atoms with Crippen LogP contribution in [0.25, 0.3) is 11.0 Å². The minimum absolute atomic E-state index is 0.0443. The summed E-state index contributed by atoms with van der Waals surface area (Å²) in [4.78, 5) is 37.8. The SMILES string of the molecule is CC1CN(C(=O)Cn2c(=O)n(C)c3ccccc32)CC(=O)N1. The second-order valence-corrected chi connectivity index (χ2v) is 5.66. The Kier molecular flexibility index (Phi) is 3.48. The molecule has 0 saturated carbocycles. The lowest BCUT2D eigenvalue weighted by Gasteiger charge is -2.31. The van der Waals surface area contributed by atoms with E-state index in [2.05, 4.69) is 5.32 Å². The third-order valence-corrected chi connectivity index (χ3v) is 3.93. The fourth-order valence-electron chi connectivity index (χ4n) is 2.88. The molecule has 1 aromatic heterocycles. The van der Waals surface area contributed by atoms with Crippen LogP contribution in [0.2, 0.25) is 0 Å². The molecule has 0 spiro atoms. The van der Waals surface area contributed by atoms with Gasteiger partial charge in [0.25, 0.3) is 0 Å². The molecule has 2 heterocycles. The highest BCUT2D eigenvalue weighted by molar-refractivity contribution is 5.87. The normalized spacial score (nSPS) is 18.5. The lowest BCUT2D eigenvalue weighted by molar-refractivity contribution is -0.139. The molecule has 0 aliphatic carbocycles. The Balaban J connectivity index is 1.90. The Hall–Kier alpha value is -2.57. The van der Waals surface area contributed by atoms with E-state index in [0.29, 0.717) is 6.54 Å². The number of hydrogen-bond donors (Lipinski definition) is 1. The number of imidazole rings is 1. The quantitative estimate of drug-likeness (QED) is 0.826. The molecule has 1 saturated heterocycles. The van der Waals surface area contributed by atoms with Crippen LogP contribution in [0.15, 0.2) is 29.1 Å². The van der Waals surface area contributed by atoms with E-state index >= 15 is 0 Å². The number of para-hydroxylation sites is 2. The van der Waals surface area contributed by atoms with E-state index in [1.165, 1.54) is 14.0 Å². The summed E-state index contributed by atoms with van der Waals surface area (Å²) < 4.78 is 2.98. The van der Waals surface area contributed by atoms with Crippen LogP contribution in [0.5, 0.6) is 0 Å². The molecule has 7 heteroatoms. The summed E-state index contributed by atoms with van der Waals surface area (Å²) in [5.74, 6) is -0.391. The molecule has 0 radical (unpaired) electrons. The molecule has 1 unspecified atom stereocenters. The summed E-state index contributed by atoms with van der Waals surface area (Å²) in [6.07, 6.45) is 0. The zero-order valence-corrected chi connectivity index (χ0v) is 12.6.